The summed E-state index contributed by atoms with van der Waals surface area (Å²) in [5.74, 6) is 0.537. The number of hydrogen-bond donors (Lipinski definition) is 1. The lowest BCUT2D eigenvalue weighted by atomic mass is 9.93. The lowest BCUT2D eigenvalue weighted by Gasteiger charge is -2.25. The zero-order valence-electron chi connectivity index (χ0n) is 12.6. The van der Waals surface area contributed by atoms with E-state index in [1.165, 1.54) is 11.1 Å². The number of nitrogens with zero attached hydrogens (tertiary/aromatic N) is 1. The summed E-state index contributed by atoms with van der Waals surface area (Å²) in [5.41, 5.74) is 2.56. The van der Waals surface area contributed by atoms with Gasteiger partial charge >= 0.3 is 0 Å². The fraction of sp³-hybridized carbons (Fsp3) is 0.562. The summed E-state index contributed by atoms with van der Waals surface area (Å²) in [6.45, 7) is 6.21. The average Bonchev–Trinajstić information content (AvgIpc) is 2.92. The third kappa shape index (κ3) is 3.97. The van der Waals surface area contributed by atoms with Gasteiger partial charge in [0, 0.05) is 26.1 Å². The zero-order valence-corrected chi connectivity index (χ0v) is 13.4. The Bertz CT molecular complexity index is 444. The molecule has 1 aliphatic rings. The molecule has 1 amide bonds. The minimum absolute atomic E-state index is 0. The first-order valence-corrected chi connectivity index (χ1v) is 7.11. The van der Waals surface area contributed by atoms with Gasteiger partial charge in [-0.2, -0.15) is 0 Å². The Kier molecular flexibility index (Phi) is 6.50. The molecule has 1 saturated heterocycles. The second kappa shape index (κ2) is 7.65. The lowest BCUT2D eigenvalue weighted by Crippen LogP contribution is -2.38. The van der Waals surface area contributed by atoms with Crippen molar-refractivity contribution < 1.29 is 4.79 Å². The number of halogens is 1. The molecular formula is C16H25ClN2O. The largest absolute Gasteiger partial charge is 0.341 e. The van der Waals surface area contributed by atoms with Gasteiger partial charge in [0.2, 0.25) is 5.91 Å². The van der Waals surface area contributed by atoms with E-state index in [-0.39, 0.29) is 24.2 Å². The smallest absolute Gasteiger partial charge is 0.223 e. The van der Waals surface area contributed by atoms with Crippen LogP contribution in [-0.2, 0) is 4.79 Å². The molecule has 2 unspecified atom stereocenters. The van der Waals surface area contributed by atoms with Crippen molar-refractivity contribution in [2.24, 2.45) is 0 Å². The second-order valence-electron chi connectivity index (χ2n) is 5.61. The Balaban J connectivity index is 0.00000200. The highest BCUT2D eigenvalue weighted by atomic mass is 35.5. The third-order valence-electron chi connectivity index (χ3n) is 4.18. The van der Waals surface area contributed by atoms with Crippen LogP contribution in [0.3, 0.4) is 0 Å². The van der Waals surface area contributed by atoms with Crippen molar-refractivity contribution in [3.8, 4) is 0 Å². The molecule has 1 aromatic carbocycles. The van der Waals surface area contributed by atoms with E-state index >= 15 is 0 Å². The summed E-state index contributed by atoms with van der Waals surface area (Å²) in [7, 11) is 1.94. The maximum absolute atomic E-state index is 12.3. The Morgan fingerprint density at radius 1 is 1.45 bits per heavy atom. The Labute approximate surface area is 128 Å². The zero-order chi connectivity index (χ0) is 13.8. The Hall–Kier alpha value is -1.06. The average molecular weight is 297 g/mol. The quantitative estimate of drug-likeness (QED) is 0.926. The van der Waals surface area contributed by atoms with E-state index in [0.29, 0.717) is 12.5 Å². The minimum atomic E-state index is 0. The molecule has 1 aliphatic heterocycles. The van der Waals surface area contributed by atoms with Gasteiger partial charge in [-0.15, -0.1) is 12.4 Å². The van der Waals surface area contributed by atoms with E-state index in [9.17, 15) is 4.79 Å². The number of rotatable bonds is 4. The number of nitrogens with one attached hydrogen (secondary N) is 1. The second-order valence-corrected chi connectivity index (χ2v) is 5.61. The molecule has 20 heavy (non-hydrogen) atoms. The number of benzene rings is 1. The highest BCUT2D eigenvalue weighted by Crippen LogP contribution is 2.23. The highest BCUT2D eigenvalue weighted by molar-refractivity contribution is 5.85. The predicted molar refractivity (Wildman–Crippen MR) is 85.5 cm³/mol. The van der Waals surface area contributed by atoms with Crippen LogP contribution in [0.2, 0.25) is 0 Å². The summed E-state index contributed by atoms with van der Waals surface area (Å²) in [6, 6.07) is 8.71. The van der Waals surface area contributed by atoms with Crippen LogP contribution in [0, 0.1) is 6.92 Å². The number of aryl methyl sites for hydroxylation is 1. The topological polar surface area (TPSA) is 32.3 Å². The summed E-state index contributed by atoms with van der Waals surface area (Å²) < 4.78 is 0. The molecule has 1 heterocycles. The van der Waals surface area contributed by atoms with E-state index < -0.39 is 0 Å². The highest BCUT2D eigenvalue weighted by Gasteiger charge is 2.24. The van der Waals surface area contributed by atoms with Crippen LogP contribution in [-0.4, -0.2) is 37.0 Å². The molecule has 1 fully saturated rings. The number of carbonyl (C=O) groups excluding carboxylic acids is 1. The van der Waals surface area contributed by atoms with Gasteiger partial charge in [0.25, 0.3) is 0 Å². The lowest BCUT2D eigenvalue weighted by molar-refractivity contribution is -0.132. The van der Waals surface area contributed by atoms with E-state index in [4.69, 9.17) is 0 Å². The summed E-state index contributed by atoms with van der Waals surface area (Å²) >= 11 is 0. The van der Waals surface area contributed by atoms with Crippen LogP contribution >= 0.6 is 12.4 Å². The summed E-state index contributed by atoms with van der Waals surface area (Å²) in [4.78, 5) is 14.2. The fourth-order valence-electron chi connectivity index (χ4n) is 2.83. The normalized spacial score (nSPS) is 19.2. The molecule has 0 saturated carbocycles. The maximum Gasteiger partial charge on any atom is 0.223 e. The molecule has 4 heteroatoms. The molecule has 0 radical (unpaired) electrons. The fourth-order valence-corrected chi connectivity index (χ4v) is 2.83. The predicted octanol–water partition coefficient (Wildman–Crippen LogP) is 2.73. The first kappa shape index (κ1) is 17.0. The van der Waals surface area contributed by atoms with Gasteiger partial charge in [-0.05, 0) is 36.9 Å². The third-order valence-corrected chi connectivity index (χ3v) is 4.18. The van der Waals surface area contributed by atoms with Gasteiger partial charge < -0.3 is 10.2 Å². The number of hydrogen-bond acceptors (Lipinski definition) is 2. The van der Waals surface area contributed by atoms with Gasteiger partial charge in [-0.1, -0.05) is 31.2 Å². The van der Waals surface area contributed by atoms with Crippen molar-refractivity contribution in [2.75, 3.05) is 20.1 Å². The Morgan fingerprint density at radius 3 is 2.75 bits per heavy atom. The minimum Gasteiger partial charge on any atom is -0.341 e. The van der Waals surface area contributed by atoms with Crippen molar-refractivity contribution in [3.63, 3.8) is 0 Å². The SMILES string of the molecule is Cc1ccccc1C(C)CC(=O)N(C)C1CCNC1.Cl. The first-order valence-electron chi connectivity index (χ1n) is 7.11. The van der Waals surface area contributed by atoms with E-state index in [1.807, 2.05) is 24.1 Å². The van der Waals surface area contributed by atoms with Crippen LogP contribution in [0.15, 0.2) is 24.3 Å². The number of carbonyl (C=O) groups is 1. The van der Waals surface area contributed by atoms with Crippen LogP contribution in [0.4, 0.5) is 0 Å². The number of amides is 1. The standard InChI is InChI=1S/C16H24N2O.ClH/c1-12-6-4-5-7-15(12)13(2)10-16(19)18(3)14-8-9-17-11-14;/h4-7,13-14,17H,8-11H2,1-3H3;1H. The molecule has 0 aliphatic carbocycles. The first-order chi connectivity index (χ1) is 9.09. The summed E-state index contributed by atoms with van der Waals surface area (Å²) in [5, 5.41) is 3.31. The molecule has 112 valence electrons. The molecule has 0 aromatic heterocycles. The molecule has 2 atom stereocenters. The summed E-state index contributed by atoms with van der Waals surface area (Å²) in [6.07, 6.45) is 1.67. The molecule has 3 nitrogen and oxygen atoms in total. The van der Waals surface area contributed by atoms with Gasteiger partial charge in [0.15, 0.2) is 0 Å². The van der Waals surface area contributed by atoms with Gasteiger partial charge in [0.05, 0.1) is 0 Å². The molecule has 1 aromatic rings. The number of likely N-dealkylation sites (N-methyl/N-ethyl adjacent to an activating group) is 1. The Morgan fingerprint density at radius 2 is 2.15 bits per heavy atom. The monoisotopic (exact) mass is 296 g/mol. The van der Waals surface area contributed by atoms with Crippen molar-refractivity contribution in [1.29, 1.82) is 0 Å². The molecule has 1 N–H and O–H groups in total. The van der Waals surface area contributed by atoms with Crippen molar-refractivity contribution in [3.05, 3.63) is 35.4 Å². The van der Waals surface area contributed by atoms with Gasteiger partial charge in [-0.25, -0.2) is 0 Å². The molecule has 2 rings (SSSR count). The van der Waals surface area contributed by atoms with Crippen molar-refractivity contribution in [1.82, 2.24) is 10.2 Å². The van der Waals surface area contributed by atoms with Gasteiger partial charge in [-0.3, -0.25) is 4.79 Å². The molecule has 0 spiro atoms. The van der Waals surface area contributed by atoms with Crippen LogP contribution in [0.1, 0.15) is 36.8 Å². The van der Waals surface area contributed by atoms with Crippen molar-refractivity contribution in [2.45, 2.75) is 38.6 Å². The van der Waals surface area contributed by atoms with E-state index in [1.54, 1.807) is 0 Å². The van der Waals surface area contributed by atoms with Crippen LogP contribution in [0.5, 0.6) is 0 Å². The molecular weight excluding hydrogens is 272 g/mol. The van der Waals surface area contributed by atoms with Crippen LogP contribution in [0.25, 0.3) is 0 Å². The van der Waals surface area contributed by atoms with E-state index in [0.717, 1.165) is 19.5 Å². The van der Waals surface area contributed by atoms with Gasteiger partial charge in [0.1, 0.15) is 0 Å². The van der Waals surface area contributed by atoms with E-state index in [2.05, 4.69) is 31.3 Å². The molecule has 0 bridgehead atoms. The van der Waals surface area contributed by atoms with Crippen LogP contribution < -0.4 is 5.32 Å². The van der Waals surface area contributed by atoms with Crippen molar-refractivity contribution >= 4 is 18.3 Å². The maximum atomic E-state index is 12.3.